The van der Waals surface area contributed by atoms with Gasteiger partial charge in [-0.1, -0.05) is 35.9 Å². The average Bonchev–Trinajstić information content (AvgIpc) is 2.45. The van der Waals surface area contributed by atoms with Gasteiger partial charge in [0.2, 0.25) is 0 Å². The number of pyridine rings is 1. The maximum Gasteiger partial charge on any atom is 0.253 e. The number of aryl methyl sites for hydroxylation is 2. The summed E-state index contributed by atoms with van der Waals surface area (Å²) in [5, 5.41) is 13.2. The van der Waals surface area contributed by atoms with E-state index in [0.29, 0.717) is 16.4 Å². The molecular weight excluding hydrogens is 288 g/mol. The lowest BCUT2D eigenvalue weighted by Gasteiger charge is -2.15. The summed E-state index contributed by atoms with van der Waals surface area (Å²) in [7, 11) is 0. The summed E-state index contributed by atoms with van der Waals surface area (Å²) in [5.74, 6) is -0.274. The number of aliphatic hydroxyl groups is 1. The number of benzene rings is 1. The van der Waals surface area contributed by atoms with Crippen LogP contribution in [-0.4, -0.2) is 22.5 Å². The van der Waals surface area contributed by atoms with E-state index in [2.05, 4.69) is 10.3 Å². The van der Waals surface area contributed by atoms with Gasteiger partial charge in [-0.25, -0.2) is 4.98 Å². The van der Waals surface area contributed by atoms with Gasteiger partial charge in [-0.05, 0) is 37.1 Å². The van der Waals surface area contributed by atoms with Crippen molar-refractivity contribution in [3.63, 3.8) is 0 Å². The molecule has 0 saturated carbocycles. The summed E-state index contributed by atoms with van der Waals surface area (Å²) in [6.45, 7) is 3.79. The third-order valence-electron chi connectivity index (χ3n) is 3.30. The monoisotopic (exact) mass is 304 g/mol. The van der Waals surface area contributed by atoms with Crippen LogP contribution in [0.2, 0.25) is 5.15 Å². The Morgan fingerprint density at radius 3 is 2.67 bits per heavy atom. The van der Waals surface area contributed by atoms with Crippen molar-refractivity contribution in [3.05, 3.63) is 63.9 Å². The first-order valence-electron chi connectivity index (χ1n) is 6.64. The molecule has 2 aromatic rings. The molecule has 0 spiro atoms. The Labute approximate surface area is 128 Å². The molecule has 21 heavy (non-hydrogen) atoms. The fraction of sp³-hybridized carbons (Fsp3) is 0.250. The van der Waals surface area contributed by atoms with Gasteiger partial charge in [-0.15, -0.1) is 0 Å². The minimum Gasteiger partial charge on any atom is -0.387 e. The number of nitrogens with zero attached hydrogens (tertiary/aromatic N) is 1. The van der Waals surface area contributed by atoms with Crippen LogP contribution in [0.5, 0.6) is 0 Å². The molecule has 1 heterocycles. The van der Waals surface area contributed by atoms with Crippen LogP contribution in [0, 0.1) is 13.8 Å². The molecule has 1 aromatic carbocycles. The molecule has 0 saturated heterocycles. The predicted octanol–water partition coefficient (Wildman–Crippen LogP) is 2.82. The van der Waals surface area contributed by atoms with Gasteiger partial charge in [0.1, 0.15) is 5.15 Å². The second-order valence-corrected chi connectivity index (χ2v) is 5.24. The Balaban J connectivity index is 2.02. The highest BCUT2D eigenvalue weighted by molar-refractivity contribution is 6.29. The van der Waals surface area contributed by atoms with Gasteiger partial charge < -0.3 is 10.4 Å². The molecule has 5 heteroatoms. The van der Waals surface area contributed by atoms with Crippen molar-refractivity contribution in [1.82, 2.24) is 10.3 Å². The van der Waals surface area contributed by atoms with Gasteiger partial charge in [0.05, 0.1) is 17.4 Å². The first-order chi connectivity index (χ1) is 9.99. The van der Waals surface area contributed by atoms with E-state index in [1.54, 1.807) is 19.1 Å². The minimum atomic E-state index is -0.740. The highest BCUT2D eigenvalue weighted by atomic mass is 35.5. The zero-order valence-electron chi connectivity index (χ0n) is 11.9. The number of aliphatic hydroxyl groups excluding tert-OH is 1. The number of aromatic nitrogens is 1. The zero-order chi connectivity index (χ0) is 15.4. The molecule has 4 nitrogen and oxygen atoms in total. The quantitative estimate of drug-likeness (QED) is 0.854. The third-order valence-corrected chi connectivity index (χ3v) is 3.51. The molecule has 0 radical (unpaired) electrons. The van der Waals surface area contributed by atoms with Crippen LogP contribution >= 0.6 is 11.6 Å². The predicted molar refractivity (Wildman–Crippen MR) is 82.5 cm³/mol. The number of hydrogen-bond donors (Lipinski definition) is 2. The van der Waals surface area contributed by atoms with Crippen molar-refractivity contribution in [2.24, 2.45) is 0 Å². The van der Waals surface area contributed by atoms with Gasteiger partial charge in [0.15, 0.2) is 0 Å². The Morgan fingerprint density at radius 1 is 1.29 bits per heavy atom. The molecule has 0 fully saturated rings. The molecule has 0 aliphatic carbocycles. The average molecular weight is 305 g/mol. The number of hydrogen-bond acceptors (Lipinski definition) is 3. The molecule has 1 atom stereocenters. The topological polar surface area (TPSA) is 62.2 Å². The standard InChI is InChI=1S/C16H17ClN2O2/c1-10-5-3-4-6-12(10)14(20)9-18-16(21)13-7-8-15(17)19-11(13)2/h3-8,14,20H,9H2,1-2H3,(H,18,21). The minimum absolute atomic E-state index is 0.145. The van der Waals surface area contributed by atoms with Gasteiger partial charge in [-0.2, -0.15) is 0 Å². The van der Waals surface area contributed by atoms with Crippen molar-refractivity contribution in [2.75, 3.05) is 6.54 Å². The van der Waals surface area contributed by atoms with Crippen molar-refractivity contribution in [3.8, 4) is 0 Å². The summed E-state index contributed by atoms with van der Waals surface area (Å²) >= 11 is 5.76. The zero-order valence-corrected chi connectivity index (χ0v) is 12.7. The molecule has 110 valence electrons. The van der Waals surface area contributed by atoms with Crippen LogP contribution in [-0.2, 0) is 0 Å². The Bertz CT molecular complexity index is 658. The molecule has 0 aliphatic heterocycles. The summed E-state index contributed by atoms with van der Waals surface area (Å²) in [5.41, 5.74) is 2.81. The lowest BCUT2D eigenvalue weighted by atomic mass is 10.0. The number of carbonyl (C=O) groups excluding carboxylic acids is 1. The largest absolute Gasteiger partial charge is 0.387 e. The number of amides is 1. The lowest BCUT2D eigenvalue weighted by molar-refractivity contribution is 0.0915. The number of halogens is 1. The normalized spacial score (nSPS) is 12.0. The molecule has 2 N–H and O–H groups in total. The number of nitrogens with one attached hydrogen (secondary N) is 1. The van der Waals surface area contributed by atoms with E-state index >= 15 is 0 Å². The van der Waals surface area contributed by atoms with Gasteiger partial charge in [-0.3, -0.25) is 4.79 Å². The molecule has 1 unspecified atom stereocenters. The van der Waals surface area contributed by atoms with Gasteiger partial charge in [0, 0.05) is 6.54 Å². The van der Waals surface area contributed by atoms with Crippen LogP contribution < -0.4 is 5.32 Å². The maximum absolute atomic E-state index is 12.1. The van der Waals surface area contributed by atoms with E-state index in [1.807, 2.05) is 31.2 Å². The summed E-state index contributed by atoms with van der Waals surface area (Å²) in [4.78, 5) is 16.1. The molecular formula is C16H17ClN2O2. The second-order valence-electron chi connectivity index (χ2n) is 4.85. The molecule has 2 rings (SSSR count). The third kappa shape index (κ3) is 3.80. The van der Waals surface area contributed by atoms with E-state index in [4.69, 9.17) is 11.6 Å². The fourth-order valence-corrected chi connectivity index (χ4v) is 2.32. The van der Waals surface area contributed by atoms with Crippen molar-refractivity contribution in [2.45, 2.75) is 20.0 Å². The summed E-state index contributed by atoms with van der Waals surface area (Å²) < 4.78 is 0. The van der Waals surface area contributed by atoms with Crippen molar-refractivity contribution in [1.29, 1.82) is 0 Å². The summed E-state index contributed by atoms with van der Waals surface area (Å²) in [6, 6.07) is 10.7. The Morgan fingerprint density at radius 2 is 2.00 bits per heavy atom. The van der Waals surface area contributed by atoms with Crippen LogP contribution in [0.3, 0.4) is 0 Å². The molecule has 1 amide bonds. The molecule has 0 bridgehead atoms. The SMILES string of the molecule is Cc1ccccc1C(O)CNC(=O)c1ccc(Cl)nc1C. The smallest absolute Gasteiger partial charge is 0.253 e. The number of rotatable bonds is 4. The van der Waals surface area contributed by atoms with Crippen LogP contribution in [0.1, 0.15) is 33.3 Å². The number of carbonyl (C=O) groups is 1. The first kappa shape index (κ1) is 15.5. The lowest BCUT2D eigenvalue weighted by Crippen LogP contribution is -2.29. The van der Waals surface area contributed by atoms with Gasteiger partial charge in [0.25, 0.3) is 5.91 Å². The highest BCUT2D eigenvalue weighted by Crippen LogP contribution is 2.17. The highest BCUT2D eigenvalue weighted by Gasteiger charge is 2.14. The van der Waals surface area contributed by atoms with E-state index in [1.165, 1.54) is 0 Å². The van der Waals surface area contributed by atoms with Crippen molar-refractivity contribution >= 4 is 17.5 Å². The van der Waals surface area contributed by atoms with Crippen LogP contribution in [0.15, 0.2) is 36.4 Å². The summed E-state index contributed by atoms with van der Waals surface area (Å²) in [6.07, 6.45) is -0.740. The van der Waals surface area contributed by atoms with Crippen LogP contribution in [0.25, 0.3) is 0 Å². The van der Waals surface area contributed by atoms with E-state index < -0.39 is 6.10 Å². The second kappa shape index (κ2) is 6.70. The van der Waals surface area contributed by atoms with E-state index in [0.717, 1.165) is 11.1 Å². The van der Waals surface area contributed by atoms with E-state index in [-0.39, 0.29) is 12.5 Å². The Kier molecular flexibility index (Phi) is 4.94. The Hall–Kier alpha value is -1.91. The van der Waals surface area contributed by atoms with E-state index in [9.17, 15) is 9.90 Å². The van der Waals surface area contributed by atoms with Crippen molar-refractivity contribution < 1.29 is 9.90 Å². The molecule has 0 aliphatic rings. The maximum atomic E-state index is 12.1. The van der Waals surface area contributed by atoms with Crippen LogP contribution in [0.4, 0.5) is 0 Å². The van der Waals surface area contributed by atoms with Gasteiger partial charge >= 0.3 is 0 Å². The first-order valence-corrected chi connectivity index (χ1v) is 7.01. The molecule has 1 aromatic heterocycles. The fourth-order valence-electron chi connectivity index (χ4n) is 2.13.